The second-order valence-electron chi connectivity index (χ2n) is 13.3. The van der Waals surface area contributed by atoms with E-state index < -0.39 is 5.41 Å². The molecule has 0 radical (unpaired) electrons. The lowest BCUT2D eigenvalue weighted by atomic mass is 9.66. The third-order valence-electron chi connectivity index (χ3n) is 10.4. The van der Waals surface area contributed by atoms with E-state index in [4.69, 9.17) is 9.98 Å². The predicted octanol–water partition coefficient (Wildman–Crippen LogP) is 10.5. The van der Waals surface area contributed by atoms with Gasteiger partial charge >= 0.3 is 0 Å². The number of nitriles is 1. The molecule has 0 amide bonds. The fourth-order valence-corrected chi connectivity index (χ4v) is 9.26. The topological polar surface area (TPSA) is 60.5 Å². The Kier molecular flexibility index (Phi) is 7.06. The number of hydrogen-bond acceptors (Lipinski definition) is 5. The Morgan fingerprint density at radius 3 is 1.98 bits per heavy atom. The summed E-state index contributed by atoms with van der Waals surface area (Å²) in [6, 6.07) is 62.2. The maximum Gasteiger partial charge on any atom is 0.159 e. The van der Waals surface area contributed by atoms with Gasteiger partial charge in [0.25, 0.3) is 0 Å². The summed E-state index contributed by atoms with van der Waals surface area (Å²) in [5.74, 6) is 1.51. The van der Waals surface area contributed by atoms with Crippen LogP contribution in [0.1, 0.15) is 50.7 Å². The Bertz CT molecular complexity index is 2640. The standard InChI is InChI=1S/C47H30N4S/c48-29-30-19-21-31(22-20-30)34-24-26-43-41(27-34)47(39-17-9-10-18-42(39)52-43)38-16-8-7-15-36(38)37-25-23-35(28-40(37)47)46-50-44(32-11-3-1-4-12-32)49-45(51-46)33-13-5-2-6-14-33/h1-28,46H,(H,49,50,51). The monoisotopic (exact) mass is 682 g/mol. The Balaban J connectivity index is 1.20. The number of nitrogens with one attached hydrogen (secondary N) is 1. The lowest BCUT2D eigenvalue weighted by Crippen LogP contribution is -2.34. The van der Waals surface area contributed by atoms with Crippen LogP contribution in [0.2, 0.25) is 0 Å². The van der Waals surface area contributed by atoms with Gasteiger partial charge in [0.15, 0.2) is 5.84 Å². The molecule has 0 saturated carbocycles. The van der Waals surface area contributed by atoms with Crippen molar-refractivity contribution in [3.63, 3.8) is 0 Å². The van der Waals surface area contributed by atoms with Crippen LogP contribution in [0, 0.1) is 11.3 Å². The maximum atomic E-state index is 9.47. The molecule has 0 fully saturated rings. The first-order chi connectivity index (χ1) is 25.7. The van der Waals surface area contributed by atoms with Crippen LogP contribution in [0.25, 0.3) is 22.3 Å². The molecule has 2 aliphatic heterocycles. The van der Waals surface area contributed by atoms with Gasteiger partial charge in [-0.25, -0.2) is 9.98 Å². The Morgan fingerprint density at radius 2 is 1.19 bits per heavy atom. The number of rotatable bonds is 4. The molecule has 0 aromatic heterocycles. The van der Waals surface area contributed by atoms with Gasteiger partial charge in [-0.05, 0) is 86.5 Å². The lowest BCUT2D eigenvalue weighted by Gasteiger charge is -2.40. The highest BCUT2D eigenvalue weighted by Crippen LogP contribution is 2.62. The van der Waals surface area contributed by atoms with Gasteiger partial charge in [0.2, 0.25) is 0 Å². The molecule has 52 heavy (non-hydrogen) atoms. The fourth-order valence-electron chi connectivity index (χ4n) is 8.08. The van der Waals surface area contributed by atoms with E-state index in [0.717, 1.165) is 33.7 Å². The van der Waals surface area contributed by atoms with Crippen molar-refractivity contribution in [3.05, 3.63) is 214 Å². The maximum absolute atomic E-state index is 9.47. The zero-order chi connectivity index (χ0) is 34.6. The van der Waals surface area contributed by atoms with Crippen LogP contribution in [0.15, 0.2) is 190 Å². The third kappa shape index (κ3) is 4.69. The smallest absolute Gasteiger partial charge is 0.159 e. The summed E-state index contributed by atoms with van der Waals surface area (Å²) in [6.07, 6.45) is -0.355. The van der Waals surface area contributed by atoms with Crippen molar-refractivity contribution in [1.29, 1.82) is 5.26 Å². The highest BCUT2D eigenvalue weighted by molar-refractivity contribution is 7.99. The molecule has 4 nitrogen and oxygen atoms in total. The molecule has 1 spiro atoms. The van der Waals surface area contributed by atoms with Crippen molar-refractivity contribution in [2.45, 2.75) is 21.4 Å². The van der Waals surface area contributed by atoms with Crippen molar-refractivity contribution in [3.8, 4) is 28.3 Å². The van der Waals surface area contributed by atoms with Crippen molar-refractivity contribution in [2.24, 2.45) is 9.98 Å². The summed E-state index contributed by atoms with van der Waals surface area (Å²) in [7, 11) is 0. The summed E-state index contributed by atoms with van der Waals surface area (Å²) >= 11 is 1.84. The van der Waals surface area contributed by atoms with E-state index in [9.17, 15) is 5.26 Å². The summed E-state index contributed by atoms with van der Waals surface area (Å²) in [5.41, 5.74) is 12.9. The second-order valence-corrected chi connectivity index (χ2v) is 14.4. The number of benzene rings is 7. The first-order valence-corrected chi connectivity index (χ1v) is 18.2. The van der Waals surface area contributed by atoms with E-state index >= 15 is 0 Å². The normalized spacial score (nSPS) is 17.8. The van der Waals surface area contributed by atoms with Gasteiger partial charge < -0.3 is 5.32 Å². The van der Waals surface area contributed by atoms with Crippen LogP contribution in [0.4, 0.5) is 0 Å². The number of hydrogen-bond donors (Lipinski definition) is 1. The summed E-state index contributed by atoms with van der Waals surface area (Å²) < 4.78 is 0. The quantitative estimate of drug-likeness (QED) is 0.201. The van der Waals surface area contributed by atoms with Crippen molar-refractivity contribution in [2.75, 3.05) is 0 Å². The molecule has 1 aliphatic carbocycles. The minimum atomic E-state index is -0.557. The molecule has 3 aliphatic rings. The predicted molar refractivity (Wildman–Crippen MR) is 210 cm³/mol. The van der Waals surface area contributed by atoms with Crippen LogP contribution in [-0.2, 0) is 5.41 Å². The first-order valence-electron chi connectivity index (χ1n) is 17.4. The largest absolute Gasteiger partial charge is 0.344 e. The van der Waals surface area contributed by atoms with Crippen molar-refractivity contribution < 1.29 is 0 Å². The number of fused-ring (bicyclic) bond motifs is 9. The fraction of sp³-hybridized carbons (Fsp3) is 0.0426. The van der Waals surface area contributed by atoms with Gasteiger partial charge in [0, 0.05) is 20.9 Å². The number of nitrogens with zero attached hydrogens (tertiary/aromatic N) is 3. The van der Waals surface area contributed by atoms with Gasteiger partial charge in [0.05, 0.1) is 17.0 Å². The second kappa shape index (κ2) is 12.1. The van der Waals surface area contributed by atoms with Gasteiger partial charge in [-0.2, -0.15) is 5.26 Å². The highest BCUT2D eigenvalue weighted by Gasteiger charge is 2.50. The van der Waals surface area contributed by atoms with E-state index in [0.29, 0.717) is 11.4 Å². The molecule has 10 rings (SSSR count). The zero-order valence-corrected chi connectivity index (χ0v) is 28.8. The molecule has 0 saturated heterocycles. The van der Waals surface area contributed by atoms with Crippen LogP contribution >= 0.6 is 11.8 Å². The summed E-state index contributed by atoms with van der Waals surface area (Å²) in [5, 5.41) is 13.2. The molecule has 7 aromatic carbocycles. The van der Waals surface area contributed by atoms with Crippen LogP contribution in [0.5, 0.6) is 0 Å². The van der Waals surface area contributed by atoms with Gasteiger partial charge in [0.1, 0.15) is 12.0 Å². The van der Waals surface area contributed by atoms with E-state index in [1.807, 2.05) is 60.3 Å². The molecular formula is C47H30N4S. The third-order valence-corrected chi connectivity index (χ3v) is 11.6. The Labute approximate surface area is 306 Å². The molecule has 2 unspecified atom stereocenters. The van der Waals surface area contributed by atoms with E-state index in [1.165, 1.54) is 43.2 Å². The number of aliphatic imine (C=N–C) groups is 2. The van der Waals surface area contributed by atoms with Gasteiger partial charge in [-0.1, -0.05) is 145 Å². The molecule has 0 bridgehead atoms. The van der Waals surface area contributed by atoms with Gasteiger partial charge in [-0.3, -0.25) is 0 Å². The zero-order valence-electron chi connectivity index (χ0n) is 28.0. The molecule has 1 N–H and O–H groups in total. The van der Waals surface area contributed by atoms with Crippen LogP contribution in [0.3, 0.4) is 0 Å². The van der Waals surface area contributed by atoms with Crippen LogP contribution < -0.4 is 5.32 Å². The summed E-state index contributed by atoms with van der Waals surface area (Å²) in [6.45, 7) is 0. The molecule has 244 valence electrons. The van der Waals surface area contributed by atoms with Crippen LogP contribution in [-0.4, -0.2) is 11.7 Å². The van der Waals surface area contributed by atoms with Crippen molar-refractivity contribution in [1.82, 2.24) is 5.32 Å². The first kappa shape index (κ1) is 30.4. The van der Waals surface area contributed by atoms with E-state index in [1.54, 1.807) is 0 Å². The van der Waals surface area contributed by atoms with Crippen molar-refractivity contribution >= 4 is 23.4 Å². The molecular weight excluding hydrogens is 653 g/mol. The minimum absolute atomic E-state index is 0.355. The molecule has 2 heterocycles. The Hall–Kier alpha value is -6.48. The van der Waals surface area contributed by atoms with Gasteiger partial charge in [-0.15, -0.1) is 0 Å². The highest BCUT2D eigenvalue weighted by atomic mass is 32.2. The summed E-state index contributed by atoms with van der Waals surface area (Å²) in [4.78, 5) is 12.8. The minimum Gasteiger partial charge on any atom is -0.344 e. The number of amidine groups is 2. The molecule has 2 atom stereocenters. The average molecular weight is 683 g/mol. The SMILES string of the molecule is N#Cc1ccc(-c2ccc3c(c2)C2(c4ccccc4S3)c3ccccc3-c3ccc(C4N=C(c5ccccc5)N=C(c5ccccc5)N4)cc32)cc1. The van der Waals surface area contributed by atoms with E-state index in [2.05, 4.69) is 133 Å². The van der Waals surface area contributed by atoms with E-state index in [-0.39, 0.29) is 6.17 Å². The molecule has 7 aromatic rings. The average Bonchev–Trinajstić information content (AvgIpc) is 3.51. The molecule has 5 heteroatoms. The Morgan fingerprint density at radius 1 is 0.538 bits per heavy atom. The lowest BCUT2D eigenvalue weighted by molar-refractivity contribution is 0.667.